The standard InChI is InChI=1S/C23H20N2O2/c1-15-6-11-20-18(13-15)19(23(26)21-5-3-4-12-24-21)14-22(25-20)16-7-9-17(27-2)10-8-16/h3-14,23,26H,1-2H3. The van der Waals surface area contributed by atoms with Gasteiger partial charge >= 0.3 is 0 Å². The number of hydrogen-bond donors (Lipinski definition) is 1. The van der Waals surface area contributed by atoms with Crippen LogP contribution in [0, 0.1) is 6.92 Å². The van der Waals surface area contributed by atoms with Gasteiger partial charge in [-0.1, -0.05) is 17.7 Å². The number of aryl methyl sites for hydroxylation is 1. The Morgan fingerprint density at radius 3 is 2.48 bits per heavy atom. The number of aliphatic hydroxyl groups is 1. The summed E-state index contributed by atoms with van der Waals surface area (Å²) in [5, 5.41) is 12.0. The fourth-order valence-electron chi connectivity index (χ4n) is 3.20. The van der Waals surface area contributed by atoms with Gasteiger partial charge in [-0.3, -0.25) is 4.98 Å². The first-order valence-electron chi connectivity index (χ1n) is 8.80. The molecule has 0 saturated carbocycles. The molecule has 0 bridgehead atoms. The molecule has 2 aromatic heterocycles. The number of methoxy groups -OCH3 is 1. The number of pyridine rings is 2. The van der Waals surface area contributed by atoms with Crippen LogP contribution in [0.1, 0.15) is 22.9 Å². The van der Waals surface area contributed by atoms with E-state index in [2.05, 4.69) is 11.1 Å². The summed E-state index contributed by atoms with van der Waals surface area (Å²) in [4.78, 5) is 9.13. The van der Waals surface area contributed by atoms with Crippen molar-refractivity contribution in [2.24, 2.45) is 0 Å². The van der Waals surface area contributed by atoms with E-state index >= 15 is 0 Å². The van der Waals surface area contributed by atoms with E-state index in [0.717, 1.165) is 39.0 Å². The minimum absolute atomic E-state index is 0.618. The van der Waals surface area contributed by atoms with Gasteiger partial charge in [-0.05, 0) is 67.1 Å². The molecule has 0 aliphatic heterocycles. The monoisotopic (exact) mass is 356 g/mol. The SMILES string of the molecule is COc1ccc(-c2cc(C(O)c3ccccn3)c3cc(C)ccc3n2)cc1. The van der Waals surface area contributed by atoms with Gasteiger partial charge in [-0.15, -0.1) is 0 Å². The molecule has 2 heterocycles. The molecule has 0 spiro atoms. The predicted molar refractivity (Wildman–Crippen MR) is 107 cm³/mol. The summed E-state index contributed by atoms with van der Waals surface area (Å²) in [5.74, 6) is 0.795. The van der Waals surface area contributed by atoms with E-state index in [4.69, 9.17) is 9.72 Å². The van der Waals surface area contributed by atoms with E-state index in [1.54, 1.807) is 13.3 Å². The molecule has 0 saturated heterocycles. The highest BCUT2D eigenvalue weighted by molar-refractivity contribution is 5.86. The maximum Gasteiger partial charge on any atom is 0.122 e. The number of fused-ring (bicyclic) bond motifs is 1. The molecule has 1 atom stereocenters. The molecule has 0 amide bonds. The summed E-state index contributed by atoms with van der Waals surface area (Å²) < 4.78 is 5.24. The van der Waals surface area contributed by atoms with E-state index < -0.39 is 6.10 Å². The zero-order chi connectivity index (χ0) is 18.8. The van der Waals surface area contributed by atoms with Crippen LogP contribution in [-0.2, 0) is 0 Å². The van der Waals surface area contributed by atoms with E-state index in [9.17, 15) is 5.11 Å². The lowest BCUT2D eigenvalue weighted by molar-refractivity contribution is 0.217. The number of aromatic nitrogens is 2. The Labute approximate surface area is 158 Å². The third-order valence-corrected chi connectivity index (χ3v) is 4.64. The third-order valence-electron chi connectivity index (χ3n) is 4.64. The second-order valence-corrected chi connectivity index (χ2v) is 6.50. The normalized spacial score (nSPS) is 12.1. The zero-order valence-electron chi connectivity index (χ0n) is 15.3. The average Bonchev–Trinajstić information content (AvgIpc) is 2.73. The molecule has 0 radical (unpaired) electrons. The van der Waals surface area contributed by atoms with Crippen LogP contribution >= 0.6 is 0 Å². The third kappa shape index (κ3) is 3.39. The first kappa shape index (κ1) is 17.2. The van der Waals surface area contributed by atoms with Crippen molar-refractivity contribution < 1.29 is 9.84 Å². The van der Waals surface area contributed by atoms with Gasteiger partial charge in [0.1, 0.15) is 11.9 Å². The highest BCUT2D eigenvalue weighted by Gasteiger charge is 2.17. The molecule has 1 N–H and O–H groups in total. The van der Waals surface area contributed by atoms with Gasteiger partial charge in [0, 0.05) is 17.1 Å². The summed E-state index contributed by atoms with van der Waals surface area (Å²) in [6.45, 7) is 2.04. The zero-order valence-corrected chi connectivity index (χ0v) is 15.3. The highest BCUT2D eigenvalue weighted by Crippen LogP contribution is 2.32. The van der Waals surface area contributed by atoms with Gasteiger partial charge in [-0.25, -0.2) is 4.98 Å². The Morgan fingerprint density at radius 1 is 0.963 bits per heavy atom. The van der Waals surface area contributed by atoms with Gasteiger partial charge in [-0.2, -0.15) is 0 Å². The van der Waals surface area contributed by atoms with Crippen molar-refractivity contribution in [3.05, 3.63) is 89.7 Å². The van der Waals surface area contributed by atoms with Crippen LogP contribution in [0.5, 0.6) is 5.75 Å². The van der Waals surface area contributed by atoms with Crippen molar-refractivity contribution >= 4 is 10.9 Å². The number of hydrogen-bond acceptors (Lipinski definition) is 4. The average molecular weight is 356 g/mol. The Kier molecular flexibility index (Phi) is 4.57. The molecule has 0 aliphatic rings. The molecule has 4 aromatic rings. The molecular weight excluding hydrogens is 336 g/mol. The van der Waals surface area contributed by atoms with Gasteiger partial charge in [0.15, 0.2) is 0 Å². The van der Waals surface area contributed by atoms with Crippen molar-refractivity contribution in [2.45, 2.75) is 13.0 Å². The summed E-state index contributed by atoms with van der Waals surface area (Å²) in [6, 6.07) is 21.3. The summed E-state index contributed by atoms with van der Waals surface area (Å²) in [5.41, 5.74) is 5.15. The smallest absolute Gasteiger partial charge is 0.122 e. The second kappa shape index (κ2) is 7.17. The second-order valence-electron chi connectivity index (χ2n) is 6.50. The van der Waals surface area contributed by atoms with Crippen LogP contribution < -0.4 is 4.74 Å². The maximum atomic E-state index is 11.0. The lowest BCUT2D eigenvalue weighted by atomic mass is 9.97. The molecule has 0 fully saturated rings. The summed E-state index contributed by atoms with van der Waals surface area (Å²) >= 11 is 0. The fraction of sp³-hybridized carbons (Fsp3) is 0.130. The van der Waals surface area contributed by atoms with Crippen LogP contribution in [0.25, 0.3) is 22.2 Å². The van der Waals surface area contributed by atoms with Crippen molar-refractivity contribution in [2.75, 3.05) is 7.11 Å². The number of benzene rings is 2. The number of rotatable bonds is 4. The minimum Gasteiger partial charge on any atom is -0.497 e. The van der Waals surface area contributed by atoms with Crippen molar-refractivity contribution in [1.29, 1.82) is 0 Å². The molecule has 4 rings (SSSR count). The van der Waals surface area contributed by atoms with Crippen LogP contribution in [-0.4, -0.2) is 22.2 Å². The lowest BCUT2D eigenvalue weighted by Crippen LogP contribution is -2.04. The van der Waals surface area contributed by atoms with Crippen LogP contribution in [0.4, 0.5) is 0 Å². The topological polar surface area (TPSA) is 55.2 Å². The Morgan fingerprint density at radius 2 is 1.78 bits per heavy atom. The Hall–Kier alpha value is -3.24. The summed E-state index contributed by atoms with van der Waals surface area (Å²) in [6.07, 6.45) is 0.868. The van der Waals surface area contributed by atoms with Gasteiger partial charge in [0.05, 0.1) is 24.0 Å². The predicted octanol–water partition coefficient (Wildman–Crippen LogP) is 4.70. The van der Waals surface area contributed by atoms with Gasteiger partial charge < -0.3 is 9.84 Å². The largest absolute Gasteiger partial charge is 0.497 e. The maximum absolute atomic E-state index is 11.0. The highest BCUT2D eigenvalue weighted by atomic mass is 16.5. The van der Waals surface area contributed by atoms with Gasteiger partial charge in [0.25, 0.3) is 0 Å². The summed E-state index contributed by atoms with van der Waals surface area (Å²) in [7, 11) is 1.65. The first-order chi connectivity index (χ1) is 13.2. The molecular formula is C23H20N2O2. The van der Waals surface area contributed by atoms with Crippen LogP contribution in [0.2, 0.25) is 0 Å². The van der Waals surface area contributed by atoms with Crippen molar-refractivity contribution in [1.82, 2.24) is 9.97 Å². The fourth-order valence-corrected chi connectivity index (χ4v) is 3.20. The quantitative estimate of drug-likeness (QED) is 0.576. The number of nitrogens with zero attached hydrogens (tertiary/aromatic N) is 2. The first-order valence-corrected chi connectivity index (χ1v) is 8.80. The minimum atomic E-state index is -0.824. The number of ether oxygens (including phenoxy) is 1. The number of aliphatic hydroxyl groups excluding tert-OH is 1. The van der Waals surface area contributed by atoms with Crippen molar-refractivity contribution in [3.63, 3.8) is 0 Å². The van der Waals surface area contributed by atoms with E-state index in [1.165, 1.54) is 0 Å². The molecule has 1 unspecified atom stereocenters. The van der Waals surface area contributed by atoms with Crippen LogP contribution in [0.15, 0.2) is 72.9 Å². The van der Waals surface area contributed by atoms with Gasteiger partial charge in [0.2, 0.25) is 0 Å². The Balaban J connectivity index is 1.90. The molecule has 27 heavy (non-hydrogen) atoms. The molecule has 4 nitrogen and oxygen atoms in total. The molecule has 2 aromatic carbocycles. The van der Waals surface area contributed by atoms with E-state index in [0.29, 0.717) is 5.69 Å². The lowest BCUT2D eigenvalue weighted by Gasteiger charge is -2.16. The molecule has 4 heteroatoms. The molecule has 134 valence electrons. The van der Waals surface area contributed by atoms with Crippen LogP contribution in [0.3, 0.4) is 0 Å². The molecule has 0 aliphatic carbocycles. The Bertz CT molecular complexity index is 1080. The van der Waals surface area contributed by atoms with Crippen molar-refractivity contribution in [3.8, 4) is 17.0 Å². The van der Waals surface area contributed by atoms with E-state index in [1.807, 2.05) is 67.6 Å². The van der Waals surface area contributed by atoms with E-state index in [-0.39, 0.29) is 0 Å².